The lowest BCUT2D eigenvalue weighted by Gasteiger charge is -2.08. The highest BCUT2D eigenvalue weighted by molar-refractivity contribution is 5.93. The number of anilines is 2. The topological polar surface area (TPSA) is 41.1 Å². The molecular formula is C15H14F2N2O. The average molecular weight is 276 g/mol. The Labute approximate surface area is 115 Å². The third kappa shape index (κ3) is 4.05. The van der Waals surface area contributed by atoms with Gasteiger partial charge in [0.2, 0.25) is 5.91 Å². The Kier molecular flexibility index (Phi) is 4.30. The van der Waals surface area contributed by atoms with Crippen molar-refractivity contribution in [2.24, 2.45) is 0 Å². The van der Waals surface area contributed by atoms with Crippen molar-refractivity contribution in [3.8, 4) is 0 Å². The van der Waals surface area contributed by atoms with E-state index >= 15 is 0 Å². The Morgan fingerprint density at radius 1 is 1.00 bits per heavy atom. The first-order valence-corrected chi connectivity index (χ1v) is 6.09. The number of amides is 1. The van der Waals surface area contributed by atoms with Crippen molar-refractivity contribution in [2.75, 3.05) is 17.2 Å². The van der Waals surface area contributed by atoms with Crippen LogP contribution in [0.5, 0.6) is 0 Å². The summed E-state index contributed by atoms with van der Waals surface area (Å²) in [6.45, 7) is 1.77. The summed E-state index contributed by atoms with van der Waals surface area (Å²) in [4.78, 5) is 11.7. The van der Waals surface area contributed by atoms with Crippen LogP contribution < -0.4 is 10.6 Å². The standard InChI is InChI=1S/C15H14F2N2O/c1-10-6-12(17)8-14(7-10)18-9-15(20)19-13-4-2-11(16)3-5-13/h2-8,18H,9H2,1H3,(H,19,20). The summed E-state index contributed by atoms with van der Waals surface area (Å²) < 4.78 is 25.9. The van der Waals surface area contributed by atoms with E-state index in [9.17, 15) is 13.6 Å². The molecule has 2 N–H and O–H groups in total. The molecular weight excluding hydrogens is 262 g/mol. The van der Waals surface area contributed by atoms with E-state index in [4.69, 9.17) is 0 Å². The highest BCUT2D eigenvalue weighted by Gasteiger charge is 2.03. The molecule has 0 aliphatic rings. The Morgan fingerprint density at radius 3 is 2.35 bits per heavy atom. The van der Waals surface area contributed by atoms with Gasteiger partial charge in [-0.3, -0.25) is 4.79 Å². The van der Waals surface area contributed by atoms with E-state index in [1.54, 1.807) is 13.0 Å². The van der Waals surface area contributed by atoms with Crippen LogP contribution in [0.15, 0.2) is 42.5 Å². The molecule has 2 aromatic rings. The van der Waals surface area contributed by atoms with Crippen LogP contribution in [0, 0.1) is 18.6 Å². The molecule has 0 radical (unpaired) electrons. The lowest BCUT2D eigenvalue weighted by molar-refractivity contribution is -0.114. The molecule has 0 saturated heterocycles. The highest BCUT2D eigenvalue weighted by atomic mass is 19.1. The predicted molar refractivity (Wildman–Crippen MR) is 74.7 cm³/mol. The lowest BCUT2D eigenvalue weighted by Crippen LogP contribution is -2.21. The van der Waals surface area contributed by atoms with E-state index in [1.807, 2.05) is 0 Å². The molecule has 0 bridgehead atoms. The molecule has 1 amide bonds. The zero-order chi connectivity index (χ0) is 14.5. The number of rotatable bonds is 4. The van der Waals surface area contributed by atoms with Crippen LogP contribution in [0.1, 0.15) is 5.56 Å². The van der Waals surface area contributed by atoms with Gasteiger partial charge in [0.25, 0.3) is 0 Å². The van der Waals surface area contributed by atoms with Gasteiger partial charge < -0.3 is 10.6 Å². The molecule has 2 rings (SSSR count). The molecule has 0 spiro atoms. The minimum absolute atomic E-state index is 0.000268. The number of hydrogen-bond donors (Lipinski definition) is 2. The molecule has 0 saturated carbocycles. The predicted octanol–water partition coefficient (Wildman–Crippen LogP) is 3.32. The molecule has 0 fully saturated rings. The van der Waals surface area contributed by atoms with Crippen molar-refractivity contribution in [1.29, 1.82) is 0 Å². The summed E-state index contributed by atoms with van der Waals surface area (Å²) in [5.41, 5.74) is 1.82. The first-order valence-electron chi connectivity index (χ1n) is 6.09. The zero-order valence-electron chi connectivity index (χ0n) is 10.9. The normalized spacial score (nSPS) is 10.2. The first-order chi connectivity index (χ1) is 9.52. The molecule has 104 valence electrons. The summed E-state index contributed by atoms with van der Waals surface area (Å²) in [5, 5.41) is 5.44. The molecule has 0 aliphatic carbocycles. The summed E-state index contributed by atoms with van der Waals surface area (Å²) in [5.74, 6) is -1.01. The van der Waals surface area contributed by atoms with E-state index in [2.05, 4.69) is 10.6 Å². The quantitative estimate of drug-likeness (QED) is 0.899. The van der Waals surface area contributed by atoms with Crippen molar-refractivity contribution < 1.29 is 13.6 Å². The van der Waals surface area contributed by atoms with Crippen LogP contribution in [-0.2, 0) is 4.79 Å². The van der Waals surface area contributed by atoms with Crippen LogP contribution in [0.3, 0.4) is 0 Å². The van der Waals surface area contributed by atoms with Crippen molar-refractivity contribution in [3.63, 3.8) is 0 Å². The molecule has 0 atom stereocenters. The van der Waals surface area contributed by atoms with E-state index in [0.29, 0.717) is 11.4 Å². The van der Waals surface area contributed by atoms with Gasteiger partial charge in [0.15, 0.2) is 0 Å². The third-order valence-corrected chi connectivity index (χ3v) is 2.62. The van der Waals surface area contributed by atoms with Crippen LogP contribution in [0.25, 0.3) is 0 Å². The molecule has 2 aromatic carbocycles. The molecule has 0 heterocycles. The number of hydrogen-bond acceptors (Lipinski definition) is 2. The number of aryl methyl sites for hydroxylation is 1. The van der Waals surface area contributed by atoms with Gasteiger partial charge in [-0.25, -0.2) is 8.78 Å². The van der Waals surface area contributed by atoms with Gasteiger partial charge in [-0.1, -0.05) is 0 Å². The zero-order valence-corrected chi connectivity index (χ0v) is 10.9. The maximum Gasteiger partial charge on any atom is 0.243 e. The van der Waals surface area contributed by atoms with Gasteiger partial charge in [-0.15, -0.1) is 0 Å². The van der Waals surface area contributed by atoms with Gasteiger partial charge in [0.1, 0.15) is 11.6 Å². The SMILES string of the molecule is Cc1cc(F)cc(NCC(=O)Nc2ccc(F)cc2)c1. The van der Waals surface area contributed by atoms with Crippen LogP contribution in [-0.4, -0.2) is 12.5 Å². The fraction of sp³-hybridized carbons (Fsp3) is 0.133. The van der Waals surface area contributed by atoms with Crippen molar-refractivity contribution in [1.82, 2.24) is 0 Å². The average Bonchev–Trinajstić information content (AvgIpc) is 2.38. The molecule has 3 nitrogen and oxygen atoms in total. The Bertz CT molecular complexity index is 592. The molecule has 5 heteroatoms. The van der Waals surface area contributed by atoms with Crippen LogP contribution in [0.4, 0.5) is 20.2 Å². The fourth-order valence-electron chi connectivity index (χ4n) is 1.76. The van der Waals surface area contributed by atoms with E-state index < -0.39 is 0 Å². The minimum atomic E-state index is -0.364. The van der Waals surface area contributed by atoms with Crippen LogP contribution in [0.2, 0.25) is 0 Å². The molecule has 20 heavy (non-hydrogen) atoms. The summed E-state index contributed by atoms with van der Waals surface area (Å²) in [6.07, 6.45) is 0. The number of carbonyl (C=O) groups is 1. The molecule has 0 unspecified atom stereocenters. The monoisotopic (exact) mass is 276 g/mol. The second kappa shape index (κ2) is 6.14. The summed E-state index contributed by atoms with van der Waals surface area (Å²) in [6, 6.07) is 9.94. The number of benzene rings is 2. The smallest absolute Gasteiger partial charge is 0.243 e. The van der Waals surface area contributed by atoms with Gasteiger partial charge in [0.05, 0.1) is 6.54 Å². The van der Waals surface area contributed by atoms with E-state index in [1.165, 1.54) is 36.4 Å². The Morgan fingerprint density at radius 2 is 1.70 bits per heavy atom. The van der Waals surface area contributed by atoms with Crippen molar-refractivity contribution in [2.45, 2.75) is 6.92 Å². The number of carbonyl (C=O) groups excluding carboxylic acids is 1. The van der Waals surface area contributed by atoms with E-state index in [-0.39, 0.29) is 24.1 Å². The minimum Gasteiger partial charge on any atom is -0.376 e. The number of halogens is 2. The van der Waals surface area contributed by atoms with Gasteiger partial charge in [-0.2, -0.15) is 0 Å². The van der Waals surface area contributed by atoms with Crippen molar-refractivity contribution >= 4 is 17.3 Å². The summed E-state index contributed by atoms with van der Waals surface area (Å²) >= 11 is 0. The van der Waals surface area contributed by atoms with Gasteiger partial charge >= 0.3 is 0 Å². The van der Waals surface area contributed by atoms with E-state index in [0.717, 1.165) is 5.56 Å². The second-order valence-corrected chi connectivity index (χ2v) is 4.43. The first kappa shape index (κ1) is 14.0. The van der Waals surface area contributed by atoms with Gasteiger partial charge in [-0.05, 0) is 55.0 Å². The maximum absolute atomic E-state index is 13.2. The largest absolute Gasteiger partial charge is 0.376 e. The summed E-state index contributed by atoms with van der Waals surface area (Å²) in [7, 11) is 0. The van der Waals surface area contributed by atoms with Crippen LogP contribution >= 0.6 is 0 Å². The third-order valence-electron chi connectivity index (χ3n) is 2.62. The maximum atomic E-state index is 13.2. The molecule has 0 aliphatic heterocycles. The lowest BCUT2D eigenvalue weighted by atomic mass is 10.2. The van der Waals surface area contributed by atoms with Gasteiger partial charge in [0, 0.05) is 11.4 Å². The second-order valence-electron chi connectivity index (χ2n) is 4.43. The molecule has 0 aromatic heterocycles. The van der Waals surface area contributed by atoms with Crippen molar-refractivity contribution in [3.05, 3.63) is 59.7 Å². The fourth-order valence-corrected chi connectivity index (χ4v) is 1.76. The Hall–Kier alpha value is -2.43. The Balaban J connectivity index is 1.90. The highest BCUT2D eigenvalue weighted by Crippen LogP contribution is 2.13. The number of nitrogens with one attached hydrogen (secondary N) is 2.